The minimum atomic E-state index is -0.651. The van der Waals surface area contributed by atoms with Crippen LogP contribution < -0.4 is 20.7 Å². The van der Waals surface area contributed by atoms with Crippen LogP contribution in [0.3, 0.4) is 0 Å². The lowest BCUT2D eigenvalue weighted by Gasteiger charge is -2.11. The number of oxime groups is 1. The van der Waals surface area contributed by atoms with E-state index in [1.807, 2.05) is 0 Å². The number of aromatic nitrogens is 2. The molecule has 0 unspecified atom stereocenters. The first-order valence-electron chi connectivity index (χ1n) is 9.74. The molecule has 33 heavy (non-hydrogen) atoms. The summed E-state index contributed by atoms with van der Waals surface area (Å²) >= 11 is 0. The maximum atomic E-state index is 14.3. The topological polar surface area (TPSA) is 127 Å². The van der Waals surface area contributed by atoms with Crippen molar-refractivity contribution in [3.8, 4) is 5.75 Å². The number of rotatable bonds is 9. The predicted octanol–water partition coefficient (Wildman–Crippen LogP) is 3.12. The molecular formula is C22H21FN6O4. The molecule has 0 spiro atoms. The number of nitrogens with zero attached hydrogens (tertiary/aromatic N) is 3. The van der Waals surface area contributed by atoms with Gasteiger partial charge in [0.25, 0.3) is 5.91 Å². The molecule has 0 aliphatic rings. The smallest absolute Gasteiger partial charge is 0.331 e. The number of carbonyl (C=O) groups excluding carboxylic acids is 2. The Morgan fingerprint density at radius 1 is 1.12 bits per heavy atom. The number of hydrogen-bond donors (Lipinski definition) is 3. The molecule has 0 saturated heterocycles. The summed E-state index contributed by atoms with van der Waals surface area (Å²) in [6.45, 7) is 1.12. The number of ether oxygens (including phenoxy) is 1. The number of carbonyl (C=O) groups is 2. The Bertz CT molecular complexity index is 1170. The number of likely N-dealkylation sites (N-methyl/N-ethyl adjacent to an activating group) is 1. The first-order chi connectivity index (χ1) is 15.9. The Morgan fingerprint density at radius 2 is 1.88 bits per heavy atom. The third-order valence-electron chi connectivity index (χ3n) is 4.02. The van der Waals surface area contributed by atoms with E-state index in [1.165, 1.54) is 20.2 Å². The van der Waals surface area contributed by atoms with Gasteiger partial charge < -0.3 is 25.5 Å². The summed E-state index contributed by atoms with van der Waals surface area (Å²) < 4.78 is 19.7. The lowest BCUT2D eigenvalue weighted by atomic mass is 10.2. The molecule has 3 rings (SSSR count). The third-order valence-corrected chi connectivity index (χ3v) is 4.02. The zero-order chi connectivity index (χ0) is 23.6. The van der Waals surface area contributed by atoms with Gasteiger partial charge in [0.1, 0.15) is 5.75 Å². The fourth-order valence-corrected chi connectivity index (χ4v) is 2.52. The van der Waals surface area contributed by atoms with E-state index in [9.17, 15) is 14.0 Å². The van der Waals surface area contributed by atoms with Crippen LogP contribution in [0.15, 0.2) is 59.9 Å². The number of amides is 1. The van der Waals surface area contributed by atoms with E-state index >= 15 is 0 Å². The van der Waals surface area contributed by atoms with Gasteiger partial charge in [0.2, 0.25) is 5.95 Å². The highest BCUT2D eigenvalue weighted by Crippen LogP contribution is 2.23. The minimum Gasteiger partial charge on any atom is -0.484 e. The molecule has 0 aliphatic carbocycles. The van der Waals surface area contributed by atoms with Crippen molar-refractivity contribution in [1.29, 1.82) is 0 Å². The number of halogens is 1. The van der Waals surface area contributed by atoms with Crippen LogP contribution in [0.25, 0.3) is 0 Å². The molecule has 1 aromatic heterocycles. The SMILES string of the molecule is CNC(=O)COc1cccc(Nc2ncc(F)c(Nc3cccc(/C=N/OC(C)=O)c3)n2)c1. The number of anilines is 4. The maximum Gasteiger partial charge on any atom is 0.331 e. The molecule has 0 radical (unpaired) electrons. The minimum absolute atomic E-state index is 0.0476. The molecule has 1 heterocycles. The largest absolute Gasteiger partial charge is 0.484 e. The average molecular weight is 452 g/mol. The van der Waals surface area contributed by atoms with Crippen LogP contribution in [0.2, 0.25) is 0 Å². The maximum absolute atomic E-state index is 14.3. The standard InChI is InChI=1S/C22H21FN6O4/c1-14(30)33-26-11-15-5-3-6-16(9-15)27-21-19(23)12-25-22(29-21)28-17-7-4-8-18(10-17)32-13-20(31)24-2/h3-12H,13H2,1-2H3,(H,24,31)(H2,25,27,28,29)/b26-11+. The van der Waals surface area contributed by atoms with Crippen molar-refractivity contribution in [3.05, 3.63) is 66.1 Å². The van der Waals surface area contributed by atoms with Crippen molar-refractivity contribution in [2.75, 3.05) is 24.3 Å². The van der Waals surface area contributed by atoms with Gasteiger partial charge in [-0.05, 0) is 29.8 Å². The Kier molecular flexibility index (Phi) is 7.84. The Morgan fingerprint density at radius 3 is 2.64 bits per heavy atom. The van der Waals surface area contributed by atoms with Crippen molar-refractivity contribution in [3.63, 3.8) is 0 Å². The predicted molar refractivity (Wildman–Crippen MR) is 120 cm³/mol. The van der Waals surface area contributed by atoms with Gasteiger partial charge in [-0.25, -0.2) is 14.2 Å². The van der Waals surface area contributed by atoms with E-state index in [1.54, 1.807) is 48.5 Å². The zero-order valence-corrected chi connectivity index (χ0v) is 17.8. The monoisotopic (exact) mass is 452 g/mol. The Balaban J connectivity index is 1.71. The van der Waals surface area contributed by atoms with Gasteiger partial charge >= 0.3 is 5.97 Å². The number of nitrogens with one attached hydrogen (secondary N) is 3. The molecule has 3 N–H and O–H groups in total. The van der Waals surface area contributed by atoms with Crippen molar-refractivity contribution < 1.29 is 23.6 Å². The molecule has 10 nitrogen and oxygen atoms in total. The van der Waals surface area contributed by atoms with Crippen LogP contribution in [0, 0.1) is 5.82 Å². The molecule has 1 amide bonds. The molecule has 3 aromatic rings. The van der Waals surface area contributed by atoms with Gasteiger partial charge in [-0.3, -0.25) is 4.79 Å². The highest BCUT2D eigenvalue weighted by atomic mass is 19.1. The lowest BCUT2D eigenvalue weighted by Crippen LogP contribution is -2.24. The molecule has 0 atom stereocenters. The summed E-state index contributed by atoms with van der Waals surface area (Å²) in [5.41, 5.74) is 1.75. The summed E-state index contributed by atoms with van der Waals surface area (Å²) in [7, 11) is 1.52. The van der Waals surface area contributed by atoms with Crippen molar-refractivity contribution >= 4 is 41.2 Å². The highest BCUT2D eigenvalue weighted by Gasteiger charge is 2.09. The Hall–Kier alpha value is -4.54. The van der Waals surface area contributed by atoms with E-state index < -0.39 is 11.8 Å². The average Bonchev–Trinajstić information content (AvgIpc) is 2.80. The molecule has 11 heteroatoms. The zero-order valence-electron chi connectivity index (χ0n) is 17.8. The van der Waals surface area contributed by atoms with Gasteiger partial charge in [0.05, 0.1) is 12.4 Å². The van der Waals surface area contributed by atoms with Crippen molar-refractivity contribution in [1.82, 2.24) is 15.3 Å². The third kappa shape index (κ3) is 7.28. The molecule has 2 aromatic carbocycles. The van der Waals surface area contributed by atoms with Crippen molar-refractivity contribution in [2.24, 2.45) is 5.16 Å². The second-order valence-electron chi connectivity index (χ2n) is 6.57. The quantitative estimate of drug-likeness (QED) is 0.257. The molecular weight excluding hydrogens is 431 g/mol. The lowest BCUT2D eigenvalue weighted by molar-refractivity contribution is -0.140. The van der Waals surface area contributed by atoms with Gasteiger partial charge in [0, 0.05) is 31.4 Å². The van der Waals surface area contributed by atoms with E-state index in [0.717, 1.165) is 6.20 Å². The van der Waals surface area contributed by atoms with Gasteiger partial charge in [-0.1, -0.05) is 23.4 Å². The molecule has 170 valence electrons. The van der Waals surface area contributed by atoms with Crippen molar-refractivity contribution in [2.45, 2.75) is 6.92 Å². The second-order valence-corrected chi connectivity index (χ2v) is 6.57. The summed E-state index contributed by atoms with van der Waals surface area (Å²) in [5.74, 6) is -0.873. The number of benzene rings is 2. The van der Waals surface area contributed by atoms with Gasteiger partial charge in [0.15, 0.2) is 18.2 Å². The van der Waals surface area contributed by atoms with E-state index in [-0.39, 0.29) is 24.3 Å². The van der Waals surface area contributed by atoms with Crippen LogP contribution in [0.4, 0.5) is 27.5 Å². The first-order valence-corrected chi connectivity index (χ1v) is 9.74. The normalized spacial score (nSPS) is 10.5. The van der Waals surface area contributed by atoms with Gasteiger partial charge in [-0.2, -0.15) is 4.98 Å². The summed E-state index contributed by atoms with van der Waals surface area (Å²) in [4.78, 5) is 34.8. The van der Waals surface area contributed by atoms with E-state index in [0.29, 0.717) is 22.7 Å². The number of hydrogen-bond acceptors (Lipinski definition) is 9. The van der Waals surface area contributed by atoms with E-state index in [2.05, 4.69) is 35.9 Å². The van der Waals surface area contributed by atoms with Crippen LogP contribution in [0.5, 0.6) is 5.75 Å². The fourth-order valence-electron chi connectivity index (χ4n) is 2.52. The van der Waals surface area contributed by atoms with Gasteiger partial charge in [-0.15, -0.1) is 0 Å². The second kappa shape index (κ2) is 11.2. The molecule has 0 aliphatic heterocycles. The van der Waals surface area contributed by atoms with Crippen LogP contribution >= 0.6 is 0 Å². The Labute approximate surface area is 188 Å². The van der Waals surface area contributed by atoms with E-state index in [4.69, 9.17) is 4.74 Å². The molecule has 0 fully saturated rings. The van der Waals surface area contributed by atoms with Crippen LogP contribution in [-0.4, -0.2) is 41.7 Å². The molecule has 0 bridgehead atoms. The molecule has 0 saturated carbocycles. The fraction of sp³-hybridized carbons (Fsp3) is 0.136. The summed E-state index contributed by atoms with van der Waals surface area (Å²) in [6.07, 6.45) is 2.39. The first kappa shape index (κ1) is 23.1. The van der Waals surface area contributed by atoms with Crippen LogP contribution in [0.1, 0.15) is 12.5 Å². The van der Waals surface area contributed by atoms with Crippen LogP contribution in [-0.2, 0) is 14.4 Å². The highest BCUT2D eigenvalue weighted by molar-refractivity contribution is 5.82. The summed E-state index contributed by atoms with van der Waals surface area (Å²) in [5, 5.41) is 11.9. The summed E-state index contributed by atoms with van der Waals surface area (Å²) in [6, 6.07) is 13.7.